The summed E-state index contributed by atoms with van der Waals surface area (Å²) in [7, 11) is 0. The smallest absolute Gasteiger partial charge is 0.272 e. The van der Waals surface area contributed by atoms with E-state index in [0.29, 0.717) is 18.7 Å². The van der Waals surface area contributed by atoms with Crippen molar-refractivity contribution in [2.45, 2.75) is 20.4 Å². The number of benzene rings is 1. The van der Waals surface area contributed by atoms with Gasteiger partial charge in [-0.15, -0.1) is 0 Å². The van der Waals surface area contributed by atoms with E-state index in [0.717, 1.165) is 5.56 Å². The fourth-order valence-electron chi connectivity index (χ4n) is 1.49. The fraction of sp³-hybridized carbons (Fsp3) is 0.500. The quantitative estimate of drug-likeness (QED) is 0.583. The molecule has 0 aliphatic rings. The van der Waals surface area contributed by atoms with E-state index in [2.05, 4.69) is 5.32 Å². The molecule has 1 aromatic rings. The highest BCUT2D eigenvalue weighted by Crippen LogP contribution is 2.19. The van der Waals surface area contributed by atoms with Crippen LogP contribution in [0.15, 0.2) is 18.2 Å². The van der Waals surface area contributed by atoms with Crippen LogP contribution < -0.4 is 5.32 Å². The first kappa shape index (κ1) is 13.6. The third-order valence-corrected chi connectivity index (χ3v) is 2.60. The van der Waals surface area contributed by atoms with Crippen LogP contribution in [-0.2, 0) is 6.54 Å². The Bertz CT molecular complexity index is 393. The second-order valence-electron chi connectivity index (χ2n) is 4.30. The maximum absolute atomic E-state index is 10.8. The Hall–Kier alpha value is -1.46. The molecule has 0 saturated carbocycles. The number of nitrogens with zero attached hydrogens (tertiary/aromatic N) is 1. The standard InChI is InChI=1S/C12H18N2O3/c1-9(8-15)6-13-7-11-4-3-10(2)12(5-11)14(16)17/h3-5,9,13,15H,6-8H2,1-2H3. The predicted octanol–water partition coefficient (Wildman–Crippen LogP) is 1.62. The number of nitrogens with one attached hydrogen (secondary N) is 1. The van der Waals surface area contributed by atoms with Gasteiger partial charge in [0, 0.05) is 31.3 Å². The van der Waals surface area contributed by atoms with Gasteiger partial charge in [0.25, 0.3) is 5.69 Å². The lowest BCUT2D eigenvalue weighted by molar-refractivity contribution is -0.385. The number of aliphatic hydroxyl groups excluding tert-OH is 1. The minimum absolute atomic E-state index is 0.140. The summed E-state index contributed by atoms with van der Waals surface area (Å²) in [6, 6.07) is 5.22. The summed E-state index contributed by atoms with van der Waals surface area (Å²) in [4.78, 5) is 10.4. The van der Waals surface area contributed by atoms with Gasteiger partial charge in [0.1, 0.15) is 0 Å². The first-order chi connectivity index (χ1) is 8.04. The van der Waals surface area contributed by atoms with Gasteiger partial charge >= 0.3 is 0 Å². The maximum atomic E-state index is 10.8. The summed E-state index contributed by atoms with van der Waals surface area (Å²) < 4.78 is 0. The van der Waals surface area contributed by atoms with Crippen molar-refractivity contribution in [2.24, 2.45) is 5.92 Å². The summed E-state index contributed by atoms with van der Waals surface area (Å²) in [6.07, 6.45) is 0. The molecule has 0 bridgehead atoms. The molecular formula is C12H18N2O3. The van der Waals surface area contributed by atoms with E-state index in [1.165, 1.54) is 0 Å². The average Bonchev–Trinajstić information content (AvgIpc) is 2.30. The maximum Gasteiger partial charge on any atom is 0.272 e. The van der Waals surface area contributed by atoms with Crippen molar-refractivity contribution in [3.63, 3.8) is 0 Å². The van der Waals surface area contributed by atoms with E-state index in [4.69, 9.17) is 5.11 Å². The van der Waals surface area contributed by atoms with Crippen LogP contribution in [0.5, 0.6) is 0 Å². The molecule has 0 aromatic heterocycles. The highest BCUT2D eigenvalue weighted by molar-refractivity contribution is 5.42. The number of hydrogen-bond acceptors (Lipinski definition) is 4. The molecule has 1 atom stereocenters. The molecule has 0 saturated heterocycles. The molecule has 0 fully saturated rings. The van der Waals surface area contributed by atoms with Crippen LogP contribution in [0.25, 0.3) is 0 Å². The Morgan fingerprint density at radius 2 is 2.24 bits per heavy atom. The van der Waals surface area contributed by atoms with Gasteiger partial charge in [-0.25, -0.2) is 0 Å². The molecule has 0 amide bonds. The Labute approximate surface area is 101 Å². The number of aryl methyl sites for hydroxylation is 1. The van der Waals surface area contributed by atoms with Gasteiger partial charge in [0.15, 0.2) is 0 Å². The lowest BCUT2D eigenvalue weighted by Gasteiger charge is -2.09. The monoisotopic (exact) mass is 238 g/mol. The second-order valence-corrected chi connectivity index (χ2v) is 4.30. The predicted molar refractivity (Wildman–Crippen MR) is 65.8 cm³/mol. The number of rotatable bonds is 6. The van der Waals surface area contributed by atoms with Crippen LogP contribution in [0.4, 0.5) is 5.69 Å². The fourth-order valence-corrected chi connectivity index (χ4v) is 1.49. The molecule has 0 radical (unpaired) electrons. The minimum Gasteiger partial charge on any atom is -0.396 e. The number of nitro benzene ring substituents is 1. The van der Waals surface area contributed by atoms with Crippen molar-refractivity contribution < 1.29 is 10.0 Å². The number of hydrogen-bond donors (Lipinski definition) is 2. The Kier molecular flexibility index (Phi) is 5.06. The molecule has 0 heterocycles. The van der Waals surface area contributed by atoms with Crippen LogP contribution in [0.1, 0.15) is 18.1 Å². The molecule has 0 spiro atoms. The molecule has 1 aromatic carbocycles. The van der Waals surface area contributed by atoms with Gasteiger partial charge in [-0.05, 0) is 18.4 Å². The van der Waals surface area contributed by atoms with E-state index >= 15 is 0 Å². The lowest BCUT2D eigenvalue weighted by atomic mass is 10.1. The molecular weight excluding hydrogens is 220 g/mol. The lowest BCUT2D eigenvalue weighted by Crippen LogP contribution is -2.22. The van der Waals surface area contributed by atoms with Gasteiger partial charge < -0.3 is 10.4 Å². The molecule has 5 nitrogen and oxygen atoms in total. The van der Waals surface area contributed by atoms with E-state index in [-0.39, 0.29) is 23.1 Å². The van der Waals surface area contributed by atoms with Gasteiger partial charge in [-0.2, -0.15) is 0 Å². The molecule has 0 aliphatic heterocycles. The topological polar surface area (TPSA) is 75.4 Å². The highest BCUT2D eigenvalue weighted by atomic mass is 16.6. The molecule has 0 aliphatic carbocycles. The van der Waals surface area contributed by atoms with Crippen molar-refractivity contribution >= 4 is 5.69 Å². The minimum atomic E-state index is -0.366. The third-order valence-electron chi connectivity index (χ3n) is 2.60. The van der Waals surface area contributed by atoms with E-state index in [9.17, 15) is 10.1 Å². The van der Waals surface area contributed by atoms with Crippen molar-refractivity contribution in [1.82, 2.24) is 5.32 Å². The molecule has 1 rings (SSSR count). The second kappa shape index (κ2) is 6.32. The van der Waals surface area contributed by atoms with Crippen LogP contribution in [0.2, 0.25) is 0 Å². The van der Waals surface area contributed by atoms with E-state index in [1.54, 1.807) is 19.1 Å². The Balaban J connectivity index is 2.60. The van der Waals surface area contributed by atoms with Crippen LogP contribution in [-0.4, -0.2) is 23.2 Å². The van der Waals surface area contributed by atoms with Gasteiger partial charge in [-0.3, -0.25) is 10.1 Å². The van der Waals surface area contributed by atoms with E-state index < -0.39 is 0 Å². The van der Waals surface area contributed by atoms with Crippen LogP contribution in [0, 0.1) is 23.0 Å². The Morgan fingerprint density at radius 3 is 2.82 bits per heavy atom. The summed E-state index contributed by atoms with van der Waals surface area (Å²) in [5.74, 6) is 0.190. The first-order valence-electron chi connectivity index (χ1n) is 5.60. The third kappa shape index (κ3) is 4.13. The summed E-state index contributed by atoms with van der Waals surface area (Å²) in [5.41, 5.74) is 1.70. The van der Waals surface area contributed by atoms with Crippen molar-refractivity contribution in [2.75, 3.05) is 13.2 Å². The van der Waals surface area contributed by atoms with Crippen LogP contribution in [0.3, 0.4) is 0 Å². The number of nitro groups is 1. The van der Waals surface area contributed by atoms with Crippen molar-refractivity contribution in [1.29, 1.82) is 0 Å². The SMILES string of the molecule is Cc1ccc(CNCC(C)CO)cc1[N+](=O)[O-]. The molecule has 2 N–H and O–H groups in total. The molecule has 5 heteroatoms. The number of aliphatic hydroxyl groups is 1. The van der Waals surface area contributed by atoms with Gasteiger partial charge in [0.2, 0.25) is 0 Å². The molecule has 94 valence electrons. The van der Waals surface area contributed by atoms with Gasteiger partial charge in [-0.1, -0.05) is 19.1 Å². The zero-order valence-electron chi connectivity index (χ0n) is 10.1. The summed E-state index contributed by atoms with van der Waals surface area (Å²) in [5, 5.41) is 22.8. The Morgan fingerprint density at radius 1 is 1.53 bits per heavy atom. The molecule has 1 unspecified atom stereocenters. The normalized spacial score (nSPS) is 12.4. The van der Waals surface area contributed by atoms with Crippen molar-refractivity contribution in [3.8, 4) is 0 Å². The zero-order chi connectivity index (χ0) is 12.8. The largest absolute Gasteiger partial charge is 0.396 e. The molecule has 17 heavy (non-hydrogen) atoms. The summed E-state index contributed by atoms with van der Waals surface area (Å²) >= 11 is 0. The van der Waals surface area contributed by atoms with E-state index in [1.807, 2.05) is 13.0 Å². The average molecular weight is 238 g/mol. The van der Waals surface area contributed by atoms with Gasteiger partial charge in [0.05, 0.1) is 4.92 Å². The van der Waals surface area contributed by atoms with Crippen LogP contribution >= 0.6 is 0 Å². The summed E-state index contributed by atoms with van der Waals surface area (Å²) in [6.45, 7) is 5.07. The highest BCUT2D eigenvalue weighted by Gasteiger charge is 2.10. The first-order valence-corrected chi connectivity index (χ1v) is 5.60. The zero-order valence-corrected chi connectivity index (χ0v) is 10.1. The van der Waals surface area contributed by atoms with Crippen molar-refractivity contribution in [3.05, 3.63) is 39.4 Å².